The summed E-state index contributed by atoms with van der Waals surface area (Å²) in [6, 6.07) is 1.13. The molecule has 0 fully saturated rings. The van der Waals surface area contributed by atoms with Gasteiger partial charge in [-0.15, -0.1) is 11.6 Å². The fourth-order valence-corrected chi connectivity index (χ4v) is 1.06. The van der Waals surface area contributed by atoms with Crippen LogP contribution in [0.25, 0.3) is 0 Å². The highest BCUT2D eigenvalue weighted by atomic mass is 35.5. The summed E-state index contributed by atoms with van der Waals surface area (Å²) in [5, 5.41) is 0. The maximum atomic E-state index is 13.0. The molecule has 0 saturated carbocycles. The Bertz CT molecular complexity index is 317. The zero-order valence-electron chi connectivity index (χ0n) is 6.40. The second-order valence-corrected chi connectivity index (χ2v) is 2.61. The summed E-state index contributed by atoms with van der Waals surface area (Å²) >= 11 is 5.31. The van der Waals surface area contributed by atoms with Crippen LogP contribution in [0.5, 0.6) is 0 Å². The Morgan fingerprint density at radius 2 is 2.15 bits per heavy atom. The van der Waals surface area contributed by atoms with E-state index in [1.165, 1.54) is 0 Å². The van der Waals surface area contributed by atoms with E-state index in [-0.39, 0.29) is 17.3 Å². The molecule has 0 amide bonds. The number of hydrogen-bond acceptors (Lipinski definition) is 2. The normalized spacial score (nSPS) is 10.8. The first-order valence-electron chi connectivity index (χ1n) is 3.35. The lowest BCUT2D eigenvalue weighted by molar-refractivity contribution is 0.140. The molecule has 0 saturated heterocycles. The van der Waals surface area contributed by atoms with Crippen molar-refractivity contribution in [3.05, 3.63) is 23.1 Å². The number of nitrogen functional groups attached to an aromatic ring is 1. The lowest BCUT2D eigenvalue weighted by atomic mass is 10.2. The van der Waals surface area contributed by atoms with Gasteiger partial charge in [-0.25, -0.2) is 18.2 Å². The minimum absolute atomic E-state index is 0.0653. The van der Waals surface area contributed by atoms with Crippen LogP contribution in [0.15, 0.2) is 6.07 Å². The van der Waals surface area contributed by atoms with Gasteiger partial charge in [-0.3, -0.25) is 0 Å². The van der Waals surface area contributed by atoms with E-state index >= 15 is 0 Å². The van der Waals surface area contributed by atoms with Gasteiger partial charge in [0, 0.05) is 5.56 Å². The van der Waals surface area contributed by atoms with Crippen molar-refractivity contribution in [1.29, 1.82) is 0 Å². The molecule has 1 aromatic heterocycles. The number of nitrogens with zero attached hydrogens (tertiary/aromatic N) is 1. The predicted molar refractivity (Wildman–Crippen MR) is 43.1 cm³/mol. The molecule has 1 heterocycles. The Balaban J connectivity index is 3.27. The second-order valence-electron chi connectivity index (χ2n) is 2.34. The molecule has 6 heteroatoms. The summed E-state index contributed by atoms with van der Waals surface area (Å²) < 4.78 is 37.3. The maximum Gasteiger partial charge on any atom is 0.283 e. The van der Waals surface area contributed by atoms with Gasteiger partial charge in [-0.05, 0) is 6.07 Å². The van der Waals surface area contributed by atoms with Crippen molar-refractivity contribution in [2.75, 3.05) is 5.73 Å². The topological polar surface area (TPSA) is 38.9 Å². The molecule has 0 aliphatic rings. The van der Waals surface area contributed by atoms with Gasteiger partial charge in [-0.2, -0.15) is 0 Å². The van der Waals surface area contributed by atoms with Gasteiger partial charge in [0.25, 0.3) is 6.43 Å². The van der Waals surface area contributed by atoms with E-state index in [0.717, 1.165) is 6.07 Å². The van der Waals surface area contributed by atoms with Crippen LogP contribution in [-0.4, -0.2) is 4.98 Å². The molecule has 72 valence electrons. The molecule has 0 atom stereocenters. The molecule has 0 unspecified atom stereocenters. The number of aromatic nitrogens is 1. The maximum absolute atomic E-state index is 13.0. The Morgan fingerprint density at radius 1 is 1.54 bits per heavy atom. The fraction of sp³-hybridized carbons (Fsp3) is 0.286. The summed E-state index contributed by atoms with van der Waals surface area (Å²) in [5.74, 6) is -1.45. The van der Waals surface area contributed by atoms with E-state index < -0.39 is 17.9 Å². The zero-order chi connectivity index (χ0) is 10.0. The van der Waals surface area contributed by atoms with Crippen molar-refractivity contribution in [2.24, 2.45) is 0 Å². The Kier molecular flexibility index (Phi) is 2.98. The number of nitrogens with two attached hydrogens (primary N) is 1. The summed E-state index contributed by atoms with van der Waals surface area (Å²) in [6.07, 6.45) is -2.98. The van der Waals surface area contributed by atoms with Crippen molar-refractivity contribution in [3.63, 3.8) is 0 Å². The monoisotopic (exact) mass is 210 g/mol. The van der Waals surface area contributed by atoms with Crippen LogP contribution in [0.1, 0.15) is 17.7 Å². The molecule has 13 heavy (non-hydrogen) atoms. The molecule has 2 N–H and O–H groups in total. The van der Waals surface area contributed by atoms with Gasteiger partial charge >= 0.3 is 0 Å². The van der Waals surface area contributed by atoms with Gasteiger partial charge < -0.3 is 5.73 Å². The average molecular weight is 211 g/mol. The van der Waals surface area contributed by atoms with Gasteiger partial charge in [0.1, 0.15) is 11.5 Å². The highest BCUT2D eigenvalue weighted by Gasteiger charge is 2.18. The predicted octanol–water partition coefficient (Wildman–Crippen LogP) is 2.48. The molecule has 0 aromatic carbocycles. The Labute approximate surface area is 77.5 Å². The zero-order valence-corrected chi connectivity index (χ0v) is 7.15. The molecule has 0 radical (unpaired) electrons. The average Bonchev–Trinajstić information content (AvgIpc) is 2.08. The van der Waals surface area contributed by atoms with Crippen molar-refractivity contribution in [2.45, 2.75) is 12.3 Å². The van der Waals surface area contributed by atoms with Gasteiger partial charge in [-0.1, -0.05) is 0 Å². The molecule has 1 aromatic rings. The van der Waals surface area contributed by atoms with Crippen LogP contribution in [0.4, 0.5) is 19.0 Å². The van der Waals surface area contributed by atoms with Crippen LogP contribution < -0.4 is 5.73 Å². The number of halogens is 4. The molecular weight excluding hydrogens is 205 g/mol. The minimum Gasteiger partial charge on any atom is -0.384 e. The van der Waals surface area contributed by atoms with Gasteiger partial charge in [0.15, 0.2) is 5.82 Å². The van der Waals surface area contributed by atoms with E-state index in [1.807, 2.05) is 0 Å². The van der Waals surface area contributed by atoms with E-state index in [0.29, 0.717) is 0 Å². The number of anilines is 1. The second kappa shape index (κ2) is 3.83. The third kappa shape index (κ3) is 2.03. The molecule has 1 rings (SSSR count). The number of rotatable bonds is 2. The van der Waals surface area contributed by atoms with Gasteiger partial charge in [0.05, 0.1) is 5.88 Å². The molecular formula is C7H6ClF3N2. The van der Waals surface area contributed by atoms with Crippen molar-refractivity contribution >= 4 is 17.4 Å². The van der Waals surface area contributed by atoms with Crippen LogP contribution in [0.3, 0.4) is 0 Å². The Morgan fingerprint density at radius 3 is 2.62 bits per heavy atom. The number of hydrogen-bond donors (Lipinski definition) is 1. The molecule has 0 spiro atoms. The van der Waals surface area contributed by atoms with E-state index in [9.17, 15) is 13.2 Å². The third-order valence-electron chi connectivity index (χ3n) is 1.43. The molecule has 0 aliphatic heterocycles. The van der Waals surface area contributed by atoms with Crippen molar-refractivity contribution in [1.82, 2.24) is 4.98 Å². The van der Waals surface area contributed by atoms with Crippen LogP contribution >= 0.6 is 11.6 Å². The fourth-order valence-electron chi connectivity index (χ4n) is 0.869. The Hall–Kier alpha value is -0.970. The largest absolute Gasteiger partial charge is 0.384 e. The first kappa shape index (κ1) is 10.1. The summed E-state index contributed by atoms with van der Waals surface area (Å²) in [7, 11) is 0. The minimum atomic E-state index is -2.98. The highest BCUT2D eigenvalue weighted by Crippen LogP contribution is 2.24. The first-order chi connectivity index (χ1) is 6.06. The lowest BCUT2D eigenvalue weighted by Gasteiger charge is -2.05. The summed E-state index contributed by atoms with van der Waals surface area (Å²) in [5.41, 5.74) is 4.16. The molecule has 0 aliphatic carbocycles. The number of alkyl halides is 3. The van der Waals surface area contributed by atoms with Gasteiger partial charge in [0.2, 0.25) is 0 Å². The van der Waals surface area contributed by atoms with Crippen LogP contribution in [0, 0.1) is 5.82 Å². The molecule has 2 nitrogen and oxygen atoms in total. The van der Waals surface area contributed by atoms with E-state index in [1.54, 1.807) is 0 Å². The number of pyridine rings is 1. The summed E-state index contributed by atoms with van der Waals surface area (Å²) in [6.45, 7) is 0. The summed E-state index contributed by atoms with van der Waals surface area (Å²) in [4.78, 5) is 3.17. The van der Waals surface area contributed by atoms with E-state index in [2.05, 4.69) is 4.98 Å². The molecule has 0 bridgehead atoms. The first-order valence-corrected chi connectivity index (χ1v) is 3.88. The highest BCUT2D eigenvalue weighted by molar-refractivity contribution is 6.17. The smallest absolute Gasteiger partial charge is 0.283 e. The van der Waals surface area contributed by atoms with Crippen LogP contribution in [-0.2, 0) is 5.88 Å². The van der Waals surface area contributed by atoms with Crippen molar-refractivity contribution < 1.29 is 13.2 Å². The lowest BCUT2D eigenvalue weighted by Crippen LogP contribution is -2.03. The van der Waals surface area contributed by atoms with E-state index in [4.69, 9.17) is 17.3 Å². The van der Waals surface area contributed by atoms with Crippen molar-refractivity contribution in [3.8, 4) is 0 Å². The third-order valence-corrected chi connectivity index (χ3v) is 1.72. The SMILES string of the molecule is Nc1cc(CCl)c(F)c(C(F)F)n1. The standard InChI is InChI=1S/C7H6ClF3N2/c8-2-3-1-4(12)13-6(5(3)9)7(10)11/h1,7H,2H2,(H2,12,13). The van der Waals surface area contributed by atoms with Crippen LogP contribution in [0.2, 0.25) is 0 Å². The quantitative estimate of drug-likeness (QED) is 0.762.